The molecular weight excluding hydrogens is 350 g/mol. The van der Waals surface area contributed by atoms with Crippen molar-refractivity contribution in [3.8, 4) is 5.69 Å². The van der Waals surface area contributed by atoms with Gasteiger partial charge in [0.15, 0.2) is 9.84 Å². The lowest BCUT2D eigenvalue weighted by molar-refractivity contribution is -0.141. The third kappa shape index (κ3) is 3.33. The number of carboxylic acid groups (broad SMARTS) is 1. The number of carboxylic acids is 1. The first-order valence-corrected chi connectivity index (χ1v) is 9.21. The highest BCUT2D eigenvalue weighted by atomic mass is 32.2. The zero-order valence-corrected chi connectivity index (χ0v) is 13.8. The molecule has 1 saturated heterocycles. The van der Waals surface area contributed by atoms with Crippen LogP contribution in [0.2, 0.25) is 0 Å². The van der Waals surface area contributed by atoms with Gasteiger partial charge in [0.25, 0.3) is 5.91 Å². The molecule has 10 heteroatoms. The molecule has 1 amide bonds. The van der Waals surface area contributed by atoms with Gasteiger partial charge < -0.3 is 15.0 Å². The van der Waals surface area contributed by atoms with Crippen LogP contribution in [0.5, 0.6) is 0 Å². The first-order chi connectivity index (χ1) is 11.8. The topological polar surface area (TPSA) is 130 Å². The third-order valence-electron chi connectivity index (χ3n) is 4.02. The Bertz CT molecular complexity index is 973. The van der Waals surface area contributed by atoms with Gasteiger partial charge in [-0.1, -0.05) is 0 Å². The van der Waals surface area contributed by atoms with Crippen molar-refractivity contribution in [3.05, 3.63) is 52.7 Å². The van der Waals surface area contributed by atoms with Crippen LogP contribution in [0.3, 0.4) is 0 Å². The number of amides is 1. The minimum atomic E-state index is -3.48. The quantitative estimate of drug-likeness (QED) is 0.753. The third-order valence-corrected chi connectivity index (χ3v) is 5.65. The molecule has 0 radical (unpaired) electrons. The average Bonchev–Trinajstić information content (AvgIpc) is 2.99. The van der Waals surface area contributed by atoms with E-state index in [0.717, 1.165) is 4.90 Å². The highest BCUT2D eigenvalue weighted by molar-refractivity contribution is 7.91. The maximum Gasteiger partial charge on any atom is 0.330 e. The van der Waals surface area contributed by atoms with E-state index in [1.807, 2.05) is 0 Å². The van der Waals surface area contributed by atoms with Gasteiger partial charge in [-0.3, -0.25) is 9.36 Å². The summed E-state index contributed by atoms with van der Waals surface area (Å²) in [6.45, 7) is -0.169. The fourth-order valence-electron chi connectivity index (χ4n) is 2.71. The molecular formula is C15H15N3O6S. The number of hydrogen-bond donors (Lipinski definition) is 2. The Hall–Kier alpha value is -2.88. The number of carbonyl (C=O) groups excluding carboxylic acids is 1. The van der Waals surface area contributed by atoms with Crippen molar-refractivity contribution in [1.29, 1.82) is 0 Å². The smallest absolute Gasteiger partial charge is 0.330 e. The predicted octanol–water partition coefficient (Wildman–Crippen LogP) is -0.511. The molecule has 9 nitrogen and oxygen atoms in total. The number of aliphatic carboxylic acids is 1. The molecule has 1 aliphatic rings. The zero-order chi connectivity index (χ0) is 18.2. The molecule has 1 unspecified atom stereocenters. The Labute approximate surface area is 142 Å². The Morgan fingerprint density at radius 3 is 2.44 bits per heavy atom. The number of hydrogen-bond acceptors (Lipinski definition) is 5. The summed E-state index contributed by atoms with van der Waals surface area (Å²) >= 11 is 0. The van der Waals surface area contributed by atoms with E-state index in [9.17, 15) is 27.9 Å². The predicted molar refractivity (Wildman–Crippen MR) is 87.5 cm³/mol. The molecule has 25 heavy (non-hydrogen) atoms. The molecule has 1 aromatic carbocycles. The van der Waals surface area contributed by atoms with E-state index in [-0.39, 0.29) is 23.6 Å². The Balaban J connectivity index is 1.86. The number of carbonyl (C=O) groups is 2. The lowest BCUT2D eigenvalue weighted by Gasteiger charge is -2.32. The maximum atomic E-state index is 12.6. The maximum absolute atomic E-state index is 12.6. The van der Waals surface area contributed by atoms with Gasteiger partial charge in [-0.15, -0.1) is 0 Å². The summed E-state index contributed by atoms with van der Waals surface area (Å²) in [7, 11) is -3.48. The highest BCUT2D eigenvalue weighted by Gasteiger charge is 2.38. The zero-order valence-electron chi connectivity index (χ0n) is 13.0. The molecule has 132 valence electrons. The Morgan fingerprint density at radius 1 is 1.20 bits per heavy atom. The molecule has 0 spiro atoms. The van der Waals surface area contributed by atoms with E-state index in [2.05, 4.69) is 4.98 Å². The van der Waals surface area contributed by atoms with E-state index in [1.165, 1.54) is 29.1 Å². The number of sulfone groups is 1. The molecule has 1 aromatic heterocycles. The second-order valence-corrected chi connectivity index (χ2v) is 7.88. The van der Waals surface area contributed by atoms with Crippen molar-refractivity contribution in [2.45, 2.75) is 6.04 Å². The van der Waals surface area contributed by atoms with Crippen LogP contribution < -0.4 is 5.69 Å². The first kappa shape index (κ1) is 17.0. The van der Waals surface area contributed by atoms with Crippen LogP contribution in [0.25, 0.3) is 5.69 Å². The van der Waals surface area contributed by atoms with Crippen LogP contribution in [-0.2, 0) is 14.6 Å². The van der Waals surface area contributed by atoms with Gasteiger partial charge in [-0.2, -0.15) is 0 Å². The molecule has 2 heterocycles. The Morgan fingerprint density at radius 2 is 1.88 bits per heavy atom. The monoisotopic (exact) mass is 365 g/mol. The summed E-state index contributed by atoms with van der Waals surface area (Å²) in [5.41, 5.74) is 0.433. The number of imidazole rings is 1. The lowest BCUT2D eigenvalue weighted by atomic mass is 10.1. The van der Waals surface area contributed by atoms with Crippen molar-refractivity contribution in [2.24, 2.45) is 0 Å². The average molecular weight is 365 g/mol. The fraction of sp³-hybridized carbons (Fsp3) is 0.267. The van der Waals surface area contributed by atoms with E-state index in [1.54, 1.807) is 12.1 Å². The van der Waals surface area contributed by atoms with E-state index in [4.69, 9.17) is 0 Å². The van der Waals surface area contributed by atoms with Crippen LogP contribution in [-0.4, -0.2) is 63.9 Å². The first-order valence-electron chi connectivity index (χ1n) is 7.39. The second kappa shape index (κ2) is 6.20. The summed E-state index contributed by atoms with van der Waals surface area (Å²) in [6, 6.07) is 4.65. The van der Waals surface area contributed by atoms with Gasteiger partial charge in [-0.25, -0.2) is 18.0 Å². The molecule has 1 atom stereocenters. The van der Waals surface area contributed by atoms with Crippen LogP contribution in [0.1, 0.15) is 10.4 Å². The number of nitrogens with one attached hydrogen (secondary N) is 1. The van der Waals surface area contributed by atoms with Crippen molar-refractivity contribution in [1.82, 2.24) is 14.5 Å². The molecule has 1 fully saturated rings. The Kier molecular flexibility index (Phi) is 4.21. The van der Waals surface area contributed by atoms with Gasteiger partial charge in [0.2, 0.25) is 0 Å². The lowest BCUT2D eigenvalue weighted by Crippen LogP contribution is -2.54. The summed E-state index contributed by atoms with van der Waals surface area (Å²) in [5, 5.41) is 9.24. The van der Waals surface area contributed by atoms with Crippen LogP contribution >= 0.6 is 0 Å². The number of aromatic amines is 1. The highest BCUT2D eigenvalue weighted by Crippen LogP contribution is 2.17. The number of H-pyrrole nitrogens is 1. The van der Waals surface area contributed by atoms with Crippen molar-refractivity contribution in [3.63, 3.8) is 0 Å². The van der Waals surface area contributed by atoms with Gasteiger partial charge in [0.1, 0.15) is 6.04 Å². The minimum Gasteiger partial charge on any atom is -0.480 e. The molecule has 1 aliphatic heterocycles. The van der Waals surface area contributed by atoms with E-state index < -0.39 is 33.5 Å². The van der Waals surface area contributed by atoms with Crippen LogP contribution in [0.4, 0.5) is 0 Å². The minimum absolute atomic E-state index is 0.169. The van der Waals surface area contributed by atoms with Gasteiger partial charge in [0, 0.05) is 24.5 Å². The van der Waals surface area contributed by atoms with Crippen molar-refractivity contribution in [2.75, 3.05) is 18.1 Å². The second-order valence-electron chi connectivity index (χ2n) is 5.65. The normalized spacial score (nSPS) is 19.5. The SMILES string of the molecule is O=C(O)C1CS(=O)(=O)CCN1C(=O)c1ccc(-n2cc[nH]c2=O)cc1. The molecule has 3 rings (SSSR count). The molecule has 0 bridgehead atoms. The van der Waals surface area contributed by atoms with Gasteiger partial charge in [0.05, 0.1) is 17.2 Å². The molecule has 0 aliphatic carbocycles. The number of nitrogens with zero attached hydrogens (tertiary/aromatic N) is 2. The fourth-order valence-corrected chi connectivity index (χ4v) is 4.15. The molecule has 0 saturated carbocycles. The summed E-state index contributed by atoms with van der Waals surface area (Å²) < 4.78 is 24.6. The standard InChI is InChI=1S/C15H15N3O6S/c19-13(18-7-8-25(23,24)9-12(18)14(20)21)10-1-3-11(4-2-10)17-6-5-16-15(17)22/h1-6,12H,7-9H2,(H,16,22)(H,20,21). The van der Waals surface area contributed by atoms with Crippen LogP contribution in [0, 0.1) is 0 Å². The molecule has 2 aromatic rings. The summed E-state index contributed by atoms with van der Waals surface area (Å²) in [4.78, 5) is 39.0. The summed E-state index contributed by atoms with van der Waals surface area (Å²) in [5.74, 6) is -2.77. The van der Waals surface area contributed by atoms with Gasteiger partial charge >= 0.3 is 11.7 Å². The number of benzene rings is 1. The van der Waals surface area contributed by atoms with Crippen molar-refractivity contribution < 1.29 is 23.1 Å². The van der Waals surface area contributed by atoms with Gasteiger partial charge in [-0.05, 0) is 24.3 Å². The van der Waals surface area contributed by atoms with Crippen LogP contribution in [0.15, 0.2) is 41.5 Å². The number of rotatable bonds is 3. The number of aromatic nitrogens is 2. The largest absolute Gasteiger partial charge is 0.480 e. The molecule has 2 N–H and O–H groups in total. The van der Waals surface area contributed by atoms with E-state index in [0.29, 0.717) is 5.69 Å². The van der Waals surface area contributed by atoms with E-state index >= 15 is 0 Å². The van der Waals surface area contributed by atoms with Crippen molar-refractivity contribution >= 4 is 21.7 Å². The summed E-state index contributed by atoms with van der Waals surface area (Å²) in [6.07, 6.45) is 3.02.